The Morgan fingerprint density at radius 3 is 2.00 bits per heavy atom. The molecule has 0 unspecified atom stereocenters. The first kappa shape index (κ1) is 8.65. The van der Waals surface area contributed by atoms with Crippen LogP contribution in [-0.4, -0.2) is 19.9 Å². The van der Waals surface area contributed by atoms with Crippen molar-refractivity contribution in [1.82, 2.24) is 0 Å². The molecule has 0 amide bonds. The number of hydrogen-bond acceptors (Lipinski definition) is 3. The maximum Gasteiger partial charge on any atom is 0.198 e. The van der Waals surface area contributed by atoms with Gasteiger partial charge in [0.2, 0.25) is 0 Å². The molecule has 0 aromatic rings. The van der Waals surface area contributed by atoms with Gasteiger partial charge in [0.05, 0.1) is 5.75 Å². The quantitative estimate of drug-likeness (QED) is 0.482. The minimum absolute atomic E-state index is 0.125. The Labute approximate surface area is 59.8 Å². The Bertz CT molecular complexity index is 137. The molecule has 0 rings (SSSR count). The van der Waals surface area contributed by atoms with Gasteiger partial charge in [0, 0.05) is 0 Å². The van der Waals surface area contributed by atoms with Crippen LogP contribution in [0.4, 0.5) is 0 Å². The summed E-state index contributed by atoms with van der Waals surface area (Å²) in [5.74, 6) is 0.722. The third-order valence-corrected chi connectivity index (χ3v) is 2.23. The van der Waals surface area contributed by atoms with Crippen LogP contribution in [0.5, 0.6) is 0 Å². The van der Waals surface area contributed by atoms with Crippen LogP contribution in [0, 0.1) is 0 Å². The van der Waals surface area contributed by atoms with Crippen LogP contribution < -0.4 is 0 Å². The maximum absolute atomic E-state index is 10.2. The van der Waals surface area contributed by atoms with E-state index in [4.69, 9.17) is 0 Å². The summed E-state index contributed by atoms with van der Waals surface area (Å²) in [6, 6.07) is 0. The molecule has 0 radical (unpaired) electrons. The van der Waals surface area contributed by atoms with E-state index < -0.39 is 8.87 Å². The average Bonchev–Trinajstić information content (AvgIpc) is 1.59. The van der Waals surface area contributed by atoms with E-state index in [0.717, 1.165) is 0 Å². The van der Waals surface area contributed by atoms with E-state index in [1.807, 2.05) is 0 Å². The van der Waals surface area contributed by atoms with Crippen LogP contribution in [0.2, 0.25) is 0 Å². The monoisotopic (exact) mass is 172 g/mol. The smallest absolute Gasteiger partial charge is 0.198 e. The molecular formula is C3H8O2S3. The second kappa shape index (κ2) is 3.63. The molecule has 5 heteroatoms. The first-order chi connectivity index (χ1) is 3.56. The fourth-order valence-electron chi connectivity index (χ4n) is 0.247. The van der Waals surface area contributed by atoms with Crippen molar-refractivity contribution in [2.45, 2.75) is 6.42 Å². The third-order valence-electron chi connectivity index (χ3n) is 0.560. The lowest BCUT2D eigenvalue weighted by Gasteiger charge is -1.89. The van der Waals surface area contributed by atoms with Crippen molar-refractivity contribution in [3.05, 3.63) is 0 Å². The Balaban J connectivity index is 3.42. The zero-order chi connectivity index (χ0) is 6.62. The third kappa shape index (κ3) is 6.65. The van der Waals surface area contributed by atoms with Crippen LogP contribution in [0.15, 0.2) is 0 Å². The van der Waals surface area contributed by atoms with Crippen LogP contribution >= 0.6 is 24.3 Å². The van der Waals surface area contributed by atoms with E-state index in [-0.39, 0.29) is 5.75 Å². The molecule has 0 saturated carbocycles. The molecule has 0 aromatic carbocycles. The van der Waals surface area contributed by atoms with E-state index in [0.29, 0.717) is 12.2 Å². The van der Waals surface area contributed by atoms with Gasteiger partial charge >= 0.3 is 0 Å². The largest absolute Gasteiger partial charge is 0.218 e. The lowest BCUT2D eigenvalue weighted by molar-refractivity contribution is 0.610. The molecule has 2 nitrogen and oxygen atoms in total. The van der Waals surface area contributed by atoms with Gasteiger partial charge in [0.25, 0.3) is 0 Å². The predicted octanol–water partition coefficient (Wildman–Crippen LogP) is 0.566. The van der Waals surface area contributed by atoms with Gasteiger partial charge in [-0.25, -0.2) is 8.42 Å². The normalized spacial score (nSPS) is 11.8. The highest BCUT2D eigenvalue weighted by atomic mass is 33.1. The highest BCUT2D eigenvalue weighted by molar-refractivity contribution is 8.63. The number of rotatable bonds is 3. The summed E-state index contributed by atoms with van der Waals surface area (Å²) in [6.07, 6.45) is 0.578. The zero-order valence-electron chi connectivity index (χ0n) is 4.24. The molecule has 0 aromatic heterocycles. The number of hydrogen-bond donors (Lipinski definition) is 2. The minimum Gasteiger partial charge on any atom is -0.218 e. The summed E-state index contributed by atoms with van der Waals surface area (Å²) in [6.45, 7) is 0. The first-order valence-electron chi connectivity index (χ1n) is 2.12. The Hall–Kier alpha value is 0.650. The summed E-state index contributed by atoms with van der Waals surface area (Å²) in [5, 5.41) is 0. The SMILES string of the molecule is O=S(=O)(S)CCCS. The lowest BCUT2D eigenvalue weighted by atomic mass is 10.6. The fourth-order valence-corrected chi connectivity index (χ4v) is 1.52. The van der Waals surface area contributed by atoms with E-state index in [1.165, 1.54) is 0 Å². The minimum atomic E-state index is -3.04. The van der Waals surface area contributed by atoms with Gasteiger partial charge in [0.15, 0.2) is 8.87 Å². The van der Waals surface area contributed by atoms with E-state index in [9.17, 15) is 8.42 Å². The standard InChI is InChI=1S/C3H8O2S3/c4-8(5,7)3-1-2-6/h6H,1-3H2,(H,4,5,7). The van der Waals surface area contributed by atoms with Gasteiger partial charge < -0.3 is 0 Å². The van der Waals surface area contributed by atoms with Gasteiger partial charge in [0.1, 0.15) is 0 Å². The average molecular weight is 172 g/mol. The van der Waals surface area contributed by atoms with Crippen LogP contribution in [0.1, 0.15) is 6.42 Å². The molecule has 0 fully saturated rings. The molecule has 0 bridgehead atoms. The first-order valence-corrected chi connectivity index (χ1v) is 5.46. The molecule has 0 saturated heterocycles. The van der Waals surface area contributed by atoms with Gasteiger partial charge in [-0.1, -0.05) is 0 Å². The summed E-state index contributed by atoms with van der Waals surface area (Å²) >= 11 is 7.16. The van der Waals surface area contributed by atoms with Crippen LogP contribution in [0.3, 0.4) is 0 Å². The van der Waals surface area contributed by atoms with Crippen molar-refractivity contribution >= 4 is 33.2 Å². The molecule has 0 N–H and O–H groups in total. The van der Waals surface area contributed by atoms with E-state index in [2.05, 4.69) is 24.3 Å². The molecule has 0 heterocycles. The number of thiol groups is 2. The summed E-state index contributed by atoms with van der Waals surface area (Å²) in [5.41, 5.74) is 0. The van der Waals surface area contributed by atoms with Crippen LogP contribution in [-0.2, 0) is 8.87 Å². The zero-order valence-corrected chi connectivity index (χ0v) is 6.85. The van der Waals surface area contributed by atoms with Crippen molar-refractivity contribution in [3.63, 3.8) is 0 Å². The van der Waals surface area contributed by atoms with Crippen molar-refractivity contribution in [2.75, 3.05) is 11.5 Å². The van der Waals surface area contributed by atoms with Gasteiger partial charge in [-0.05, 0) is 23.8 Å². The van der Waals surface area contributed by atoms with E-state index in [1.54, 1.807) is 0 Å². The van der Waals surface area contributed by atoms with Crippen molar-refractivity contribution in [2.24, 2.45) is 0 Å². The Morgan fingerprint density at radius 1 is 1.38 bits per heavy atom. The summed E-state index contributed by atoms with van der Waals surface area (Å²) < 4.78 is 20.4. The molecule has 8 heavy (non-hydrogen) atoms. The van der Waals surface area contributed by atoms with Gasteiger partial charge in [-0.2, -0.15) is 12.6 Å². The highest BCUT2D eigenvalue weighted by Crippen LogP contribution is 1.97. The Kier molecular flexibility index (Phi) is 3.93. The summed E-state index contributed by atoms with van der Waals surface area (Å²) in [4.78, 5) is 0. The molecule has 0 atom stereocenters. The van der Waals surface area contributed by atoms with E-state index >= 15 is 0 Å². The van der Waals surface area contributed by atoms with Gasteiger partial charge in [-0.3, -0.25) is 0 Å². The topological polar surface area (TPSA) is 34.1 Å². The van der Waals surface area contributed by atoms with Crippen LogP contribution in [0.25, 0.3) is 0 Å². The Morgan fingerprint density at radius 2 is 1.88 bits per heavy atom. The second-order valence-corrected chi connectivity index (χ2v) is 5.05. The lowest BCUT2D eigenvalue weighted by Crippen LogP contribution is -1.96. The molecule has 0 aliphatic heterocycles. The maximum atomic E-state index is 10.2. The highest BCUT2D eigenvalue weighted by Gasteiger charge is 1.99. The fraction of sp³-hybridized carbons (Fsp3) is 1.00. The second-order valence-electron chi connectivity index (χ2n) is 1.36. The van der Waals surface area contributed by atoms with Crippen molar-refractivity contribution < 1.29 is 8.42 Å². The molecular weight excluding hydrogens is 164 g/mol. The van der Waals surface area contributed by atoms with Gasteiger partial charge in [-0.15, -0.1) is 0 Å². The molecule has 0 aliphatic carbocycles. The summed E-state index contributed by atoms with van der Waals surface area (Å²) in [7, 11) is -3.04. The molecule has 0 spiro atoms. The molecule has 50 valence electrons. The van der Waals surface area contributed by atoms with Crippen molar-refractivity contribution in [1.29, 1.82) is 0 Å². The predicted molar refractivity (Wildman–Crippen MR) is 41.2 cm³/mol. The molecule has 0 aliphatic rings. The van der Waals surface area contributed by atoms with Crippen molar-refractivity contribution in [3.8, 4) is 0 Å².